The van der Waals surface area contributed by atoms with Gasteiger partial charge in [-0.2, -0.15) is 40.8 Å². The van der Waals surface area contributed by atoms with E-state index in [0.717, 1.165) is 17.8 Å². The average molecular weight is 1410 g/mol. The van der Waals surface area contributed by atoms with Crippen LogP contribution in [0.5, 0.6) is 0 Å². The number of para-hydroxylation sites is 4. The van der Waals surface area contributed by atoms with Crippen molar-refractivity contribution in [1.29, 1.82) is 0 Å². The maximum atomic E-state index is 4.94. The molecule has 0 radical (unpaired) electrons. The maximum absolute atomic E-state index is 4.94. The van der Waals surface area contributed by atoms with Crippen molar-refractivity contribution in [3.05, 3.63) is 310 Å². The summed E-state index contributed by atoms with van der Waals surface area (Å²) in [5.74, 6) is 0. The zero-order valence-electron chi connectivity index (χ0n) is 56.6. The van der Waals surface area contributed by atoms with Gasteiger partial charge in [0, 0.05) is 56.1 Å². The minimum atomic E-state index is -1.72. The van der Waals surface area contributed by atoms with Crippen LogP contribution in [-0.2, 0) is 0 Å². The van der Waals surface area contributed by atoms with Gasteiger partial charge < -0.3 is 22.4 Å². The first-order valence-corrected chi connectivity index (χ1v) is 39.6. The molecule has 0 aliphatic carbocycles. The van der Waals surface area contributed by atoms with Gasteiger partial charge in [-0.1, -0.05) is 292 Å². The number of hydrogen-bond donors (Lipinski definition) is 2. The molecule has 3 nitrogen and oxygen atoms in total. The molecule has 0 bridgehead atoms. The predicted molar refractivity (Wildman–Crippen MR) is 432 cm³/mol. The number of rotatable bonds is 9. The quantitative estimate of drug-likeness (QED) is 0.111. The second-order valence-corrected chi connectivity index (χ2v) is 33.8. The zero-order chi connectivity index (χ0) is 68.3. The van der Waals surface area contributed by atoms with E-state index in [0.29, 0.717) is 11.1 Å². The second kappa shape index (κ2) is 36.5. The minimum Gasteiger partial charge on any atom is -0.376 e. The first kappa shape index (κ1) is 75.4. The zero-order valence-corrected chi connectivity index (χ0v) is 62.2. The molecule has 3 aliphatic heterocycles. The Labute approximate surface area is 627 Å². The molecule has 0 spiro atoms. The van der Waals surface area contributed by atoms with Crippen LogP contribution >= 0.6 is 64.5 Å². The molecule has 3 heterocycles. The number of hydrogen-bond acceptors (Lipinski definition) is 3. The molecule has 486 valence electrons. The van der Waals surface area contributed by atoms with E-state index in [9.17, 15) is 0 Å². The fourth-order valence-corrected chi connectivity index (χ4v) is 13.2. The molecule has 1 fully saturated rings. The first-order chi connectivity index (χ1) is 47.0. The summed E-state index contributed by atoms with van der Waals surface area (Å²) in [6.45, 7) is 14.9. The Kier molecular flexibility index (Phi) is 28.1. The molecule has 12 aromatic rings. The van der Waals surface area contributed by atoms with Gasteiger partial charge in [0.2, 0.25) is 0 Å². The van der Waals surface area contributed by atoms with Crippen LogP contribution in [0.15, 0.2) is 303 Å². The molecule has 0 unspecified atom stereocenters. The summed E-state index contributed by atoms with van der Waals surface area (Å²) in [4.78, 5) is 1.82. The summed E-state index contributed by atoms with van der Waals surface area (Å²) in [6, 6.07) is 109. The van der Waals surface area contributed by atoms with Gasteiger partial charge in [0.1, 0.15) is 0 Å². The molecule has 0 aromatic heterocycles. The molecule has 0 atom stereocenters. The Morgan fingerprint density at radius 3 is 0.980 bits per heavy atom. The largest absolute Gasteiger partial charge is 1.00 e. The molecule has 0 saturated carbocycles. The minimum absolute atomic E-state index is 0. The molecular formula is C85H79AlB2Cl6LiN3. The summed E-state index contributed by atoms with van der Waals surface area (Å²) in [5, 5.41) is 7.36. The fraction of sp³-hybridized carbons (Fsp3) is 0.141. The normalized spacial score (nSPS) is 12.9. The van der Waals surface area contributed by atoms with Crippen molar-refractivity contribution < 1.29 is 18.9 Å². The van der Waals surface area contributed by atoms with Crippen LogP contribution in [0.3, 0.4) is 0 Å². The van der Waals surface area contributed by atoms with Crippen LogP contribution in [0.1, 0.15) is 66.7 Å². The van der Waals surface area contributed by atoms with Crippen molar-refractivity contribution >= 4 is 121 Å². The second-order valence-electron chi connectivity index (χ2n) is 25.3. The first-order valence-electron chi connectivity index (χ1n) is 33.1. The Hall–Kier alpha value is -6.80. The Balaban J connectivity index is 0.000000175. The molecule has 98 heavy (non-hydrogen) atoms. The van der Waals surface area contributed by atoms with E-state index in [-0.39, 0.29) is 25.7 Å². The average Bonchev–Trinajstić information content (AvgIpc) is 0.707. The third-order valence-electron chi connectivity index (χ3n) is 17.4. The Morgan fingerprint density at radius 1 is 0.398 bits per heavy atom. The molecule has 15 rings (SSSR count). The van der Waals surface area contributed by atoms with E-state index in [2.05, 4.69) is 360 Å². The Bertz CT molecular complexity index is 4170. The van der Waals surface area contributed by atoms with Crippen LogP contribution < -0.4 is 45.2 Å². The number of nitrogens with one attached hydrogen (secondary N) is 2. The van der Waals surface area contributed by atoms with Gasteiger partial charge in [0.25, 0.3) is 0 Å². The number of halogens is 6. The molecule has 13 heteroatoms. The van der Waals surface area contributed by atoms with Crippen LogP contribution in [0.25, 0.3) is 89.0 Å². The van der Waals surface area contributed by atoms with E-state index in [4.69, 9.17) is 64.5 Å². The third kappa shape index (κ3) is 20.0. The van der Waals surface area contributed by atoms with E-state index < -0.39 is 16.3 Å². The summed E-state index contributed by atoms with van der Waals surface area (Å²) in [6.07, 6.45) is 6.28. The van der Waals surface area contributed by atoms with Gasteiger partial charge in [-0.15, -0.1) is 0 Å². The van der Waals surface area contributed by atoms with Gasteiger partial charge in [-0.3, -0.25) is 0 Å². The van der Waals surface area contributed by atoms with Crippen molar-refractivity contribution in [1.82, 2.24) is 5.32 Å². The molecule has 1 saturated heterocycles. The molecule has 0 amide bonds. The van der Waals surface area contributed by atoms with Crippen molar-refractivity contribution in [3.63, 3.8) is 0 Å². The topological polar surface area (TPSA) is 27.3 Å². The Morgan fingerprint density at radius 2 is 0.663 bits per heavy atom. The molecular weight excluding hydrogens is 1330 g/mol. The summed E-state index contributed by atoms with van der Waals surface area (Å²) >= 11 is 12.7. The number of benzene rings is 12. The summed E-state index contributed by atoms with van der Waals surface area (Å²) in [7, 11) is 14.8. The molecule has 3 aliphatic rings. The van der Waals surface area contributed by atoms with E-state index in [1.807, 2.05) is 0 Å². The van der Waals surface area contributed by atoms with Crippen LogP contribution in [0, 0.1) is 6.92 Å². The summed E-state index contributed by atoms with van der Waals surface area (Å²) < 4.78 is 0. The van der Waals surface area contributed by atoms with Crippen molar-refractivity contribution in [2.75, 3.05) is 10.1 Å². The SMILES string of the molecule is CC1(C)CCCC(C)(C)N1.ClB(Cl)Cl.[CH2-]CCC.[Cl][Al]([Cl])[Cl].[Li+].c1ccc(-c2ccc(-c3ccccc3Nc3ccccc3-c3ccc(-c4ccccc4)cc3)cc2)cc1.c1ccc(-c2ccc3c(c2)B2c4cc(-c5ccccc5)ccc4-c4ccccc4N2c2ccccc2-3)cc1. The monoisotopic (exact) mass is 1410 g/mol. The van der Waals surface area contributed by atoms with E-state index in [1.54, 1.807) is 0 Å². The molecule has 12 aromatic carbocycles. The number of fused-ring (bicyclic) bond motifs is 11. The van der Waals surface area contributed by atoms with Crippen LogP contribution in [-0.4, -0.2) is 34.3 Å². The third-order valence-corrected chi connectivity index (χ3v) is 17.4. The van der Waals surface area contributed by atoms with Gasteiger partial charge >= 0.3 is 42.1 Å². The number of nitrogens with zero attached hydrogens (tertiary/aromatic N) is 1. The smallest absolute Gasteiger partial charge is 0.376 e. The van der Waals surface area contributed by atoms with E-state index in [1.165, 1.54) is 137 Å². The van der Waals surface area contributed by atoms with Gasteiger partial charge in [0.05, 0.1) is 0 Å². The van der Waals surface area contributed by atoms with E-state index >= 15 is 0 Å². The van der Waals surface area contributed by atoms with Crippen molar-refractivity contribution in [2.24, 2.45) is 0 Å². The van der Waals surface area contributed by atoms with Gasteiger partial charge in [-0.05, 0) is 149 Å². The van der Waals surface area contributed by atoms with Crippen LogP contribution in [0.2, 0.25) is 0 Å². The van der Waals surface area contributed by atoms with Gasteiger partial charge in [0.15, 0.2) is 0 Å². The number of unbranched alkanes of at least 4 members (excludes halogenated alkanes) is 1. The number of piperidine rings is 1. The fourth-order valence-electron chi connectivity index (χ4n) is 13.2. The van der Waals surface area contributed by atoms with Gasteiger partial charge in [-0.25, -0.2) is 30.1 Å². The predicted octanol–water partition coefficient (Wildman–Crippen LogP) is 22.3. The molecule has 2 N–H and O–H groups in total. The summed E-state index contributed by atoms with van der Waals surface area (Å²) in [5.41, 5.74) is 28.0. The van der Waals surface area contributed by atoms with Crippen molar-refractivity contribution in [2.45, 2.75) is 77.8 Å². The van der Waals surface area contributed by atoms with Crippen LogP contribution in [0.4, 0.5) is 22.7 Å². The maximum Gasteiger partial charge on any atom is 1.00 e. The standard InChI is InChI=1S/C36H24BN.C36H27N.C9H19N.C4H9.Al.BCl3.3ClH.Li/c1-3-11-25(12-4-1)27-19-21-29-31-15-7-9-17-35(31)38-36-18-10-8-16-32(36)30-22-20-28(26-13-5-2-6-14-26)24-34(30)37(38)33(29)23-27;1-3-11-27(12-4-1)29-19-23-31(24-20-29)33-15-7-9-17-35(33)37-36-18-10-8-16-34(36)32-25-21-30(22-26-32)28-13-5-2-6-14-28;1-8(2)6-5-7-9(3,4)10-8;1-3-4-2;;2-1(3)4;;;;/h1-24H;1-26,37H;10H,5-7H2,1-4H3;1,3-4H2,2H3;;;3*1H;/q;;;-1;+3;;;;;+1/p-3. The van der Waals surface area contributed by atoms with Crippen molar-refractivity contribution in [3.8, 4) is 89.0 Å². The number of anilines is 4.